The summed E-state index contributed by atoms with van der Waals surface area (Å²) in [4.78, 5) is 0. The predicted molar refractivity (Wildman–Crippen MR) is 54.5 cm³/mol. The van der Waals surface area contributed by atoms with Crippen molar-refractivity contribution in [2.24, 2.45) is 7.05 Å². The molecule has 0 amide bonds. The standard InChI is InChI=1S/C9H15BrN2/c1-9(2,3)8-5-7(6-10)12(4)11-8/h5H,6H2,1-4H3. The summed E-state index contributed by atoms with van der Waals surface area (Å²) in [7, 11) is 1.98. The van der Waals surface area contributed by atoms with E-state index in [1.807, 2.05) is 11.7 Å². The van der Waals surface area contributed by atoms with E-state index in [0.29, 0.717) is 0 Å². The van der Waals surface area contributed by atoms with Crippen molar-refractivity contribution in [3.8, 4) is 0 Å². The van der Waals surface area contributed by atoms with Crippen LogP contribution in [-0.4, -0.2) is 9.78 Å². The first-order valence-corrected chi connectivity index (χ1v) is 5.16. The molecule has 0 fully saturated rings. The van der Waals surface area contributed by atoms with Crippen LogP contribution >= 0.6 is 15.9 Å². The van der Waals surface area contributed by atoms with E-state index in [4.69, 9.17) is 0 Å². The molecule has 0 aliphatic carbocycles. The number of halogens is 1. The molecule has 0 bridgehead atoms. The van der Waals surface area contributed by atoms with E-state index in [1.165, 1.54) is 5.69 Å². The molecule has 0 N–H and O–H groups in total. The topological polar surface area (TPSA) is 17.8 Å². The molecule has 2 nitrogen and oxygen atoms in total. The van der Waals surface area contributed by atoms with Crippen LogP contribution in [0.15, 0.2) is 6.07 Å². The average Bonchev–Trinajstić information content (AvgIpc) is 2.29. The Morgan fingerprint density at radius 1 is 1.50 bits per heavy atom. The zero-order valence-electron chi connectivity index (χ0n) is 8.06. The summed E-state index contributed by atoms with van der Waals surface area (Å²) < 4.78 is 1.93. The van der Waals surface area contributed by atoms with Crippen molar-refractivity contribution in [1.82, 2.24) is 9.78 Å². The zero-order valence-corrected chi connectivity index (χ0v) is 9.64. The molecule has 1 heterocycles. The molecule has 0 aliphatic heterocycles. The Hall–Kier alpha value is -0.310. The van der Waals surface area contributed by atoms with Gasteiger partial charge in [0.15, 0.2) is 0 Å². The summed E-state index contributed by atoms with van der Waals surface area (Å²) in [5.74, 6) is 0. The van der Waals surface area contributed by atoms with E-state index in [9.17, 15) is 0 Å². The van der Waals surface area contributed by atoms with E-state index in [-0.39, 0.29) is 5.41 Å². The Kier molecular flexibility index (Phi) is 2.61. The second-order valence-electron chi connectivity index (χ2n) is 4.03. The second kappa shape index (κ2) is 3.21. The van der Waals surface area contributed by atoms with Gasteiger partial charge in [0, 0.05) is 23.5 Å². The van der Waals surface area contributed by atoms with Gasteiger partial charge in [-0.3, -0.25) is 4.68 Å². The van der Waals surface area contributed by atoms with Gasteiger partial charge in [-0.05, 0) is 6.07 Å². The van der Waals surface area contributed by atoms with Crippen molar-refractivity contribution >= 4 is 15.9 Å². The molecule has 1 aromatic rings. The smallest absolute Gasteiger partial charge is 0.0681 e. The summed E-state index contributed by atoms with van der Waals surface area (Å²) in [5.41, 5.74) is 2.53. The first kappa shape index (κ1) is 9.78. The highest BCUT2D eigenvalue weighted by Crippen LogP contribution is 2.21. The van der Waals surface area contributed by atoms with Gasteiger partial charge >= 0.3 is 0 Å². The third kappa shape index (κ3) is 1.89. The lowest BCUT2D eigenvalue weighted by molar-refractivity contribution is 0.552. The van der Waals surface area contributed by atoms with Crippen molar-refractivity contribution < 1.29 is 0 Å². The van der Waals surface area contributed by atoms with E-state index >= 15 is 0 Å². The Balaban J connectivity index is 3.05. The SMILES string of the molecule is Cn1nc(C(C)(C)C)cc1CBr. The van der Waals surface area contributed by atoms with Gasteiger partial charge < -0.3 is 0 Å². The molecular weight excluding hydrogens is 216 g/mol. The minimum atomic E-state index is 0.151. The van der Waals surface area contributed by atoms with Crippen molar-refractivity contribution in [2.45, 2.75) is 31.5 Å². The third-order valence-corrected chi connectivity index (χ3v) is 2.46. The van der Waals surface area contributed by atoms with Crippen LogP contribution in [0.4, 0.5) is 0 Å². The van der Waals surface area contributed by atoms with Crippen molar-refractivity contribution in [3.05, 3.63) is 17.5 Å². The van der Waals surface area contributed by atoms with Crippen molar-refractivity contribution in [3.63, 3.8) is 0 Å². The zero-order chi connectivity index (χ0) is 9.35. The summed E-state index contributed by atoms with van der Waals surface area (Å²) in [6.45, 7) is 6.52. The lowest BCUT2D eigenvalue weighted by Crippen LogP contribution is -2.12. The van der Waals surface area contributed by atoms with E-state index in [0.717, 1.165) is 11.0 Å². The molecule has 0 saturated heterocycles. The van der Waals surface area contributed by atoms with Gasteiger partial charge in [0.2, 0.25) is 0 Å². The van der Waals surface area contributed by atoms with Crippen LogP contribution in [0.2, 0.25) is 0 Å². The molecular formula is C9H15BrN2. The Bertz CT molecular complexity index is 271. The summed E-state index contributed by atoms with van der Waals surface area (Å²) >= 11 is 3.43. The molecule has 12 heavy (non-hydrogen) atoms. The summed E-state index contributed by atoms with van der Waals surface area (Å²) in [5, 5.41) is 5.31. The quantitative estimate of drug-likeness (QED) is 0.679. The van der Waals surface area contributed by atoms with Crippen LogP contribution in [0, 0.1) is 0 Å². The number of aromatic nitrogens is 2. The average molecular weight is 231 g/mol. The monoisotopic (exact) mass is 230 g/mol. The van der Waals surface area contributed by atoms with Gasteiger partial charge in [-0.1, -0.05) is 36.7 Å². The number of hydrogen-bond donors (Lipinski definition) is 0. The third-order valence-electron chi connectivity index (χ3n) is 1.88. The number of alkyl halides is 1. The second-order valence-corrected chi connectivity index (χ2v) is 4.59. The maximum Gasteiger partial charge on any atom is 0.0681 e. The highest BCUT2D eigenvalue weighted by molar-refractivity contribution is 9.08. The van der Waals surface area contributed by atoms with Crippen molar-refractivity contribution in [1.29, 1.82) is 0 Å². The highest BCUT2D eigenvalue weighted by Gasteiger charge is 2.18. The molecule has 68 valence electrons. The lowest BCUT2D eigenvalue weighted by atomic mass is 9.92. The fraction of sp³-hybridized carbons (Fsp3) is 0.667. The molecule has 0 atom stereocenters. The summed E-state index contributed by atoms with van der Waals surface area (Å²) in [6.07, 6.45) is 0. The van der Waals surface area contributed by atoms with Gasteiger partial charge in [0.1, 0.15) is 0 Å². The fourth-order valence-electron chi connectivity index (χ4n) is 0.997. The Morgan fingerprint density at radius 2 is 2.08 bits per heavy atom. The van der Waals surface area contributed by atoms with Gasteiger partial charge in [-0.25, -0.2) is 0 Å². The van der Waals surface area contributed by atoms with E-state index in [1.54, 1.807) is 0 Å². The normalized spacial score (nSPS) is 12.1. The van der Waals surface area contributed by atoms with Crippen LogP contribution in [0.3, 0.4) is 0 Å². The molecule has 0 unspecified atom stereocenters. The largest absolute Gasteiger partial charge is 0.272 e. The Labute approximate surface area is 82.1 Å². The first-order valence-electron chi connectivity index (χ1n) is 4.04. The number of aryl methyl sites for hydroxylation is 1. The number of hydrogen-bond acceptors (Lipinski definition) is 1. The molecule has 1 rings (SSSR count). The van der Waals surface area contributed by atoms with Crippen LogP contribution in [0.5, 0.6) is 0 Å². The molecule has 0 radical (unpaired) electrons. The first-order chi connectivity index (χ1) is 5.45. The Morgan fingerprint density at radius 3 is 2.33 bits per heavy atom. The van der Waals surface area contributed by atoms with Gasteiger partial charge in [-0.2, -0.15) is 5.10 Å². The number of rotatable bonds is 1. The minimum Gasteiger partial charge on any atom is -0.272 e. The van der Waals surface area contributed by atoms with E-state index < -0.39 is 0 Å². The molecule has 0 aliphatic rings. The highest BCUT2D eigenvalue weighted by atomic mass is 79.9. The fourth-order valence-corrected chi connectivity index (χ4v) is 1.52. The predicted octanol–water partition coefficient (Wildman–Crippen LogP) is 2.61. The molecule has 0 saturated carbocycles. The maximum atomic E-state index is 4.44. The van der Waals surface area contributed by atoms with Gasteiger partial charge in [-0.15, -0.1) is 0 Å². The van der Waals surface area contributed by atoms with Gasteiger partial charge in [0.25, 0.3) is 0 Å². The molecule has 0 spiro atoms. The summed E-state index contributed by atoms with van der Waals surface area (Å²) in [6, 6.07) is 2.15. The van der Waals surface area contributed by atoms with Crippen LogP contribution in [0.25, 0.3) is 0 Å². The van der Waals surface area contributed by atoms with Crippen LogP contribution in [-0.2, 0) is 17.8 Å². The van der Waals surface area contributed by atoms with Crippen LogP contribution < -0.4 is 0 Å². The molecule has 3 heteroatoms. The van der Waals surface area contributed by atoms with Gasteiger partial charge in [0.05, 0.1) is 5.69 Å². The maximum absolute atomic E-state index is 4.44. The molecule has 1 aromatic heterocycles. The molecule has 0 aromatic carbocycles. The van der Waals surface area contributed by atoms with Crippen LogP contribution in [0.1, 0.15) is 32.2 Å². The minimum absolute atomic E-state index is 0.151. The number of nitrogens with zero attached hydrogens (tertiary/aromatic N) is 2. The van der Waals surface area contributed by atoms with E-state index in [2.05, 4.69) is 47.9 Å². The van der Waals surface area contributed by atoms with Crippen molar-refractivity contribution in [2.75, 3.05) is 0 Å². The lowest BCUT2D eigenvalue weighted by Gasteiger charge is -2.13.